The van der Waals surface area contributed by atoms with Crippen LogP contribution in [0.3, 0.4) is 0 Å². The standard InChI is InChI=1S/C13H14N2O4/c1-9-4-5-10(19-9)7-14-12(16)8-15-6-2-3-11(15)13(17)18/h2-6H,7-8H2,1H3,(H,14,16)(H,17,18). The Labute approximate surface area is 109 Å². The van der Waals surface area contributed by atoms with Gasteiger partial charge in [0.2, 0.25) is 5.91 Å². The second-order valence-electron chi connectivity index (χ2n) is 4.12. The summed E-state index contributed by atoms with van der Waals surface area (Å²) >= 11 is 0. The van der Waals surface area contributed by atoms with Crippen LogP contribution in [0.4, 0.5) is 0 Å². The third-order valence-corrected chi connectivity index (χ3v) is 2.62. The molecule has 100 valence electrons. The van der Waals surface area contributed by atoms with Crippen LogP contribution in [0.15, 0.2) is 34.9 Å². The van der Waals surface area contributed by atoms with Crippen LogP contribution in [0.25, 0.3) is 0 Å². The third-order valence-electron chi connectivity index (χ3n) is 2.62. The average Bonchev–Trinajstić information content (AvgIpc) is 2.95. The molecule has 0 atom stereocenters. The Kier molecular flexibility index (Phi) is 3.70. The summed E-state index contributed by atoms with van der Waals surface area (Å²) in [6.07, 6.45) is 1.56. The van der Waals surface area contributed by atoms with Crippen molar-refractivity contribution in [1.82, 2.24) is 9.88 Å². The fourth-order valence-electron chi connectivity index (χ4n) is 1.72. The smallest absolute Gasteiger partial charge is 0.352 e. The normalized spacial score (nSPS) is 10.4. The Morgan fingerprint density at radius 1 is 1.37 bits per heavy atom. The quantitative estimate of drug-likeness (QED) is 0.853. The summed E-state index contributed by atoms with van der Waals surface area (Å²) in [6, 6.07) is 6.64. The molecule has 0 radical (unpaired) electrons. The number of nitrogens with zero attached hydrogens (tertiary/aromatic N) is 1. The summed E-state index contributed by atoms with van der Waals surface area (Å²) < 4.78 is 6.70. The Hall–Kier alpha value is -2.50. The number of aromatic carboxylic acids is 1. The van der Waals surface area contributed by atoms with Gasteiger partial charge in [-0.3, -0.25) is 4.79 Å². The lowest BCUT2D eigenvalue weighted by Gasteiger charge is -2.06. The van der Waals surface area contributed by atoms with Crippen LogP contribution in [-0.4, -0.2) is 21.6 Å². The number of aryl methyl sites for hydroxylation is 1. The molecule has 19 heavy (non-hydrogen) atoms. The molecule has 2 heterocycles. The van der Waals surface area contributed by atoms with Crippen LogP contribution >= 0.6 is 0 Å². The number of carbonyl (C=O) groups is 2. The summed E-state index contributed by atoms with van der Waals surface area (Å²) in [5.74, 6) is 0.117. The molecule has 2 aromatic heterocycles. The number of amides is 1. The van der Waals surface area contributed by atoms with E-state index in [1.54, 1.807) is 18.3 Å². The largest absolute Gasteiger partial charge is 0.477 e. The first-order chi connectivity index (χ1) is 9.06. The van der Waals surface area contributed by atoms with Gasteiger partial charge in [-0.15, -0.1) is 0 Å². The molecule has 2 N–H and O–H groups in total. The van der Waals surface area contributed by atoms with Gasteiger partial charge in [0.15, 0.2) is 0 Å². The minimum Gasteiger partial charge on any atom is -0.477 e. The number of carboxylic acid groups (broad SMARTS) is 1. The van der Waals surface area contributed by atoms with Gasteiger partial charge in [0.25, 0.3) is 0 Å². The van der Waals surface area contributed by atoms with Gasteiger partial charge in [0, 0.05) is 6.20 Å². The van der Waals surface area contributed by atoms with E-state index in [1.165, 1.54) is 10.6 Å². The predicted octanol–water partition coefficient (Wildman–Crippen LogP) is 1.40. The van der Waals surface area contributed by atoms with Gasteiger partial charge in [-0.05, 0) is 31.2 Å². The van der Waals surface area contributed by atoms with Crippen LogP contribution in [0.2, 0.25) is 0 Å². The van der Waals surface area contributed by atoms with E-state index in [0.717, 1.165) is 5.76 Å². The van der Waals surface area contributed by atoms with Gasteiger partial charge in [0.05, 0.1) is 6.54 Å². The zero-order valence-corrected chi connectivity index (χ0v) is 10.4. The highest BCUT2D eigenvalue weighted by Gasteiger charge is 2.11. The average molecular weight is 262 g/mol. The maximum absolute atomic E-state index is 11.7. The van der Waals surface area contributed by atoms with Gasteiger partial charge in [-0.25, -0.2) is 4.79 Å². The summed E-state index contributed by atoms with van der Waals surface area (Å²) in [5, 5.41) is 11.6. The molecule has 0 unspecified atom stereocenters. The van der Waals surface area contributed by atoms with E-state index in [2.05, 4.69) is 5.32 Å². The molecule has 6 nitrogen and oxygen atoms in total. The van der Waals surface area contributed by atoms with Crippen molar-refractivity contribution in [2.75, 3.05) is 0 Å². The highest BCUT2D eigenvalue weighted by atomic mass is 16.4. The molecule has 1 amide bonds. The first-order valence-corrected chi connectivity index (χ1v) is 5.76. The maximum atomic E-state index is 11.7. The van der Waals surface area contributed by atoms with Gasteiger partial charge in [-0.1, -0.05) is 0 Å². The molecule has 0 aliphatic rings. The molecular weight excluding hydrogens is 248 g/mol. The second kappa shape index (κ2) is 5.43. The number of hydrogen-bond acceptors (Lipinski definition) is 3. The lowest BCUT2D eigenvalue weighted by Crippen LogP contribution is -2.27. The molecule has 2 aromatic rings. The molecule has 0 aliphatic carbocycles. The van der Waals surface area contributed by atoms with Crippen molar-refractivity contribution in [3.8, 4) is 0 Å². The summed E-state index contributed by atoms with van der Waals surface area (Å²) in [5.41, 5.74) is 0.0870. The van der Waals surface area contributed by atoms with Crippen molar-refractivity contribution < 1.29 is 19.1 Å². The first-order valence-electron chi connectivity index (χ1n) is 5.76. The van der Waals surface area contributed by atoms with E-state index in [9.17, 15) is 9.59 Å². The number of aromatic nitrogens is 1. The maximum Gasteiger partial charge on any atom is 0.352 e. The summed E-state index contributed by atoms with van der Waals surface area (Å²) in [7, 11) is 0. The number of nitrogens with one attached hydrogen (secondary N) is 1. The highest BCUT2D eigenvalue weighted by Crippen LogP contribution is 2.06. The molecule has 2 rings (SSSR count). The lowest BCUT2D eigenvalue weighted by atomic mass is 10.4. The monoisotopic (exact) mass is 262 g/mol. The number of hydrogen-bond donors (Lipinski definition) is 2. The van der Waals surface area contributed by atoms with E-state index in [0.29, 0.717) is 5.76 Å². The van der Waals surface area contributed by atoms with Crippen molar-refractivity contribution in [2.24, 2.45) is 0 Å². The number of carboxylic acids is 1. The van der Waals surface area contributed by atoms with E-state index < -0.39 is 5.97 Å². The minimum atomic E-state index is -1.06. The van der Waals surface area contributed by atoms with Crippen molar-refractivity contribution in [1.29, 1.82) is 0 Å². The van der Waals surface area contributed by atoms with Crippen LogP contribution in [0.5, 0.6) is 0 Å². The van der Waals surface area contributed by atoms with Crippen LogP contribution in [0.1, 0.15) is 22.0 Å². The molecular formula is C13H14N2O4. The Balaban J connectivity index is 1.90. The third kappa shape index (κ3) is 3.25. The highest BCUT2D eigenvalue weighted by molar-refractivity contribution is 5.86. The minimum absolute atomic E-state index is 0.0334. The number of carbonyl (C=O) groups excluding carboxylic acids is 1. The van der Waals surface area contributed by atoms with E-state index in [-0.39, 0.29) is 24.7 Å². The molecule has 0 aliphatic heterocycles. The van der Waals surface area contributed by atoms with Crippen molar-refractivity contribution in [2.45, 2.75) is 20.0 Å². The van der Waals surface area contributed by atoms with Crippen LogP contribution in [-0.2, 0) is 17.9 Å². The number of furan rings is 1. The van der Waals surface area contributed by atoms with E-state index >= 15 is 0 Å². The zero-order chi connectivity index (χ0) is 13.8. The fraction of sp³-hybridized carbons (Fsp3) is 0.231. The predicted molar refractivity (Wildman–Crippen MR) is 66.7 cm³/mol. The Morgan fingerprint density at radius 2 is 2.16 bits per heavy atom. The fourth-order valence-corrected chi connectivity index (χ4v) is 1.72. The molecule has 0 aromatic carbocycles. The van der Waals surface area contributed by atoms with Gasteiger partial charge in [-0.2, -0.15) is 0 Å². The molecule has 0 spiro atoms. The van der Waals surface area contributed by atoms with Crippen LogP contribution < -0.4 is 5.32 Å². The molecule has 0 saturated heterocycles. The van der Waals surface area contributed by atoms with E-state index in [1.807, 2.05) is 13.0 Å². The molecule has 0 saturated carbocycles. The van der Waals surface area contributed by atoms with Crippen molar-refractivity contribution >= 4 is 11.9 Å². The van der Waals surface area contributed by atoms with Crippen molar-refractivity contribution in [3.63, 3.8) is 0 Å². The zero-order valence-electron chi connectivity index (χ0n) is 10.4. The van der Waals surface area contributed by atoms with E-state index in [4.69, 9.17) is 9.52 Å². The van der Waals surface area contributed by atoms with Gasteiger partial charge in [0.1, 0.15) is 23.8 Å². The van der Waals surface area contributed by atoms with Gasteiger partial charge >= 0.3 is 5.97 Å². The lowest BCUT2D eigenvalue weighted by molar-refractivity contribution is -0.121. The Bertz CT molecular complexity index is 597. The SMILES string of the molecule is Cc1ccc(CNC(=O)Cn2cccc2C(=O)O)o1. The molecule has 0 fully saturated rings. The first kappa shape index (κ1) is 12.9. The van der Waals surface area contributed by atoms with Crippen molar-refractivity contribution in [3.05, 3.63) is 47.7 Å². The Morgan fingerprint density at radius 3 is 2.79 bits per heavy atom. The van der Waals surface area contributed by atoms with Gasteiger partial charge < -0.3 is 19.4 Å². The second-order valence-corrected chi connectivity index (χ2v) is 4.12. The molecule has 6 heteroatoms. The molecule has 0 bridgehead atoms. The number of rotatable bonds is 5. The summed E-state index contributed by atoms with van der Waals surface area (Å²) in [4.78, 5) is 22.6. The topological polar surface area (TPSA) is 84.5 Å². The summed E-state index contributed by atoms with van der Waals surface area (Å²) in [6.45, 7) is 2.08. The van der Waals surface area contributed by atoms with Crippen LogP contribution in [0, 0.1) is 6.92 Å².